The lowest BCUT2D eigenvalue weighted by atomic mass is 9.73. The molecule has 52 heteroatoms. The average molecular weight is 2130 g/mol. The molecule has 38 nitrogen and oxygen atoms in total. The van der Waals surface area contributed by atoms with Crippen LogP contribution < -0.4 is 52.8 Å². The third-order valence-electron chi connectivity index (χ3n) is 26.9. The van der Waals surface area contributed by atoms with E-state index in [4.69, 9.17) is 150 Å². The maximum atomic E-state index is 12.7. The number of hydrogen-bond donors (Lipinski definition) is 8. The van der Waals surface area contributed by atoms with Gasteiger partial charge >= 0.3 is 0 Å². The van der Waals surface area contributed by atoms with Crippen molar-refractivity contribution in [1.29, 1.82) is 10.5 Å². The van der Waals surface area contributed by atoms with Gasteiger partial charge in [0.25, 0.3) is 20.0 Å². The molecule has 20 rings (SSSR count). The standard InChI is InChI=1S/C22H23Cl2N7O2S.C21H25Cl2N7O4S2.C21H21Cl2N7OS.C20H23Cl2N7O3S2/c1-12-19(26)22(11-33-12)5-7-30(8-6-22)21-27-14(9-25)18(20-29-28-16(10-32)31(20)21)34-15-4-2-3-13(23)17(15)24;1-11-17(24)21(10-34-11)5-7-29(8-6-21)20-26-19(36(25,32)33)16(18-28-27-14(9-31)30(18)20)35-13-4-2-3-12(22)15(13)23;1-12-18(25)21(10-31-12)5-7-29(8-6-21)20-28-14(9-24)17(19-26-11-27-30(19)20)32-15-4-2-3-13(22)16(15)23;1-11-16(23)20(9-32-11)5-7-28(8-6-20)19-27-18(34(24,30)31)15(17-25-10-26-29(17)19)33-13-4-2-3-12(21)14(13)22/h2-4,12,19,32H,5-8,10-11,26H2,1H3;2-4,11,17,31H,5-10,24H2,1H3,(H2,25,32,33);2-4,11-12,18H,5-8,10,25H2,1H3;2-4,10-11,16H,5-9,23H2,1H3,(H2,24,30,31). The lowest BCUT2D eigenvalue weighted by Crippen LogP contribution is -2.51. The minimum atomic E-state index is -4.28. The van der Waals surface area contributed by atoms with Crippen molar-refractivity contribution in [1.82, 2.24) is 78.3 Å². The molecule has 4 spiro atoms. The number of nitrogens with two attached hydrogens (primary N) is 6. The number of primary sulfonamides is 2. The van der Waals surface area contributed by atoms with Crippen LogP contribution in [0.5, 0.6) is 0 Å². The summed E-state index contributed by atoms with van der Waals surface area (Å²) in [7, 11) is -8.48. The zero-order valence-corrected chi connectivity index (χ0v) is 84.1. The number of halogens is 8. The summed E-state index contributed by atoms with van der Waals surface area (Å²) < 4.78 is 80.4. The second kappa shape index (κ2) is 40.4. The Labute approximate surface area is 838 Å². The van der Waals surface area contributed by atoms with Crippen molar-refractivity contribution in [3.8, 4) is 12.1 Å². The molecule has 0 radical (unpaired) electrons. The number of ether oxygens (including phenoxy) is 4. The van der Waals surface area contributed by atoms with Crippen LogP contribution in [0.1, 0.15) is 102 Å². The molecule has 14 N–H and O–H groups in total. The van der Waals surface area contributed by atoms with Crippen LogP contribution in [0.25, 0.3) is 22.6 Å². The van der Waals surface area contributed by atoms with Crippen molar-refractivity contribution in [2.75, 3.05) is 98.4 Å². The SMILES string of the molecule is CC1OCC2(CCN(c3nc(C#N)c(Sc4cccc(Cl)c4Cl)c4ncnn34)CC2)C1N.CC1OCC2(CCN(c3nc(C#N)c(Sc4cccc(Cl)c4Cl)c4nnc(CO)n34)CC2)C1N.CC1OCC2(CCN(c3nc(S(N)(=O)=O)c(Sc4cccc(Cl)c4Cl)c4ncnn34)CC2)C1N.CC1OCC2(CCN(c3nc(S(N)(=O)=O)c(Sc4cccc(Cl)c4Cl)c4nnc(CO)n34)CC2)C1N. The van der Waals surface area contributed by atoms with Gasteiger partial charge in [-0.15, -0.1) is 20.4 Å². The molecule has 8 atom stereocenters. The highest BCUT2D eigenvalue weighted by atomic mass is 35.5. The maximum Gasteiger partial charge on any atom is 0.256 e. The Morgan fingerprint density at radius 2 is 0.669 bits per heavy atom. The summed E-state index contributed by atoms with van der Waals surface area (Å²) in [5.41, 5.74) is 27.5. The van der Waals surface area contributed by atoms with E-state index in [0.29, 0.717) is 166 Å². The highest BCUT2D eigenvalue weighted by Crippen LogP contribution is 2.51. The van der Waals surface area contributed by atoms with Gasteiger partial charge in [-0.05, 0) is 128 Å². The van der Waals surface area contributed by atoms with Crippen molar-refractivity contribution in [3.05, 3.63) is 149 Å². The highest BCUT2D eigenvalue weighted by Gasteiger charge is 2.53. The first kappa shape index (κ1) is 99.9. The summed E-state index contributed by atoms with van der Waals surface area (Å²) in [5, 5.41) is 78.6. The second-order valence-corrected chi connectivity index (χ2v) is 44.9. The first-order valence-electron chi connectivity index (χ1n) is 43.0. The van der Waals surface area contributed by atoms with Crippen LogP contribution in [0.2, 0.25) is 40.2 Å². The molecule has 0 aliphatic carbocycles. The fraction of sp³-hybridized carbons (Fsp3) is 0.452. The van der Waals surface area contributed by atoms with Crippen LogP contribution in [-0.4, -0.2) is 233 Å². The molecule has 0 saturated carbocycles. The number of aliphatic hydroxyl groups is 2. The highest BCUT2D eigenvalue weighted by molar-refractivity contribution is 8.01. The van der Waals surface area contributed by atoms with Gasteiger partial charge in [-0.25, -0.2) is 55.9 Å². The third kappa shape index (κ3) is 19.1. The van der Waals surface area contributed by atoms with Gasteiger partial charge < -0.3 is 71.7 Å². The summed E-state index contributed by atoms with van der Waals surface area (Å²) in [6, 6.07) is 25.1. The predicted octanol–water partition coefficient (Wildman–Crippen LogP) is 11.7. The van der Waals surface area contributed by atoms with E-state index in [1.54, 1.807) is 67.9 Å². The fourth-order valence-electron chi connectivity index (χ4n) is 18.7. The number of nitrogens with zero attached hydrogens (tertiary/aromatic N) is 22. The van der Waals surface area contributed by atoms with Crippen LogP contribution in [0, 0.1) is 44.3 Å². The van der Waals surface area contributed by atoms with Crippen LogP contribution in [-0.2, 0) is 52.2 Å². The molecule has 0 amide bonds. The van der Waals surface area contributed by atoms with E-state index in [2.05, 4.69) is 77.5 Å². The van der Waals surface area contributed by atoms with Crippen molar-refractivity contribution < 1.29 is 46.0 Å². The number of sulfonamides is 2. The number of anilines is 4. The van der Waals surface area contributed by atoms with Gasteiger partial charge in [0.15, 0.2) is 55.7 Å². The van der Waals surface area contributed by atoms with Gasteiger partial charge in [-0.2, -0.15) is 39.7 Å². The molecule has 136 heavy (non-hydrogen) atoms. The molecule has 8 saturated heterocycles. The molecule has 8 aromatic heterocycles. The summed E-state index contributed by atoms with van der Waals surface area (Å²) in [5.74, 6) is 2.31. The maximum absolute atomic E-state index is 12.7. The van der Waals surface area contributed by atoms with Crippen molar-refractivity contribution in [3.63, 3.8) is 0 Å². The van der Waals surface area contributed by atoms with E-state index in [1.165, 1.54) is 40.7 Å². The quantitative estimate of drug-likeness (QED) is 0.0417. The predicted molar refractivity (Wildman–Crippen MR) is 519 cm³/mol. The average Bonchev–Trinajstić information content (AvgIpc) is 1.55. The van der Waals surface area contributed by atoms with Gasteiger partial charge in [-0.3, -0.25) is 0 Å². The first-order valence-corrected chi connectivity index (χ1v) is 52.4. The number of hydrogen-bond acceptors (Lipinski definition) is 36. The zero-order valence-electron chi connectivity index (χ0n) is 73.2. The Bertz CT molecular complexity index is 6910. The monoisotopic (exact) mass is 2120 g/mol. The molecule has 8 unspecified atom stereocenters. The normalized spacial score (nSPS) is 22.3. The van der Waals surface area contributed by atoms with E-state index < -0.39 is 26.7 Å². The molecule has 12 aromatic rings. The smallest absolute Gasteiger partial charge is 0.256 e. The number of nitriles is 2. The van der Waals surface area contributed by atoms with E-state index in [1.807, 2.05) is 55.7 Å². The molecule has 4 aromatic carbocycles. The van der Waals surface area contributed by atoms with Crippen molar-refractivity contribution in [2.24, 2.45) is 54.9 Å². The topological polar surface area (TPSA) is 535 Å². The molecule has 8 aliphatic heterocycles. The van der Waals surface area contributed by atoms with Gasteiger partial charge in [0.05, 0.1) is 111 Å². The number of piperidine rings is 4. The van der Waals surface area contributed by atoms with Gasteiger partial charge in [0, 0.05) is 118 Å². The summed E-state index contributed by atoms with van der Waals surface area (Å²) in [6.07, 6.45) is 9.43. The Morgan fingerprint density at radius 1 is 0.404 bits per heavy atom. The second-order valence-electron chi connectivity index (χ2n) is 34.6. The molecule has 16 heterocycles. The molecular formula is C84H92Cl8N28O10S6. The molecular weight excluding hydrogens is 2040 g/mol. The van der Waals surface area contributed by atoms with Crippen molar-refractivity contribution >= 4 is 206 Å². The molecule has 8 aliphatic rings. The number of aliphatic hydroxyl groups excluding tert-OH is 2. The largest absolute Gasteiger partial charge is 0.388 e. The van der Waals surface area contributed by atoms with Crippen LogP contribution in [0.3, 0.4) is 0 Å². The lowest BCUT2D eigenvalue weighted by molar-refractivity contribution is 0.0972. The minimum Gasteiger partial charge on any atom is -0.388 e. The summed E-state index contributed by atoms with van der Waals surface area (Å²) >= 11 is 54.8. The Kier molecular flexibility index (Phi) is 29.7. The van der Waals surface area contributed by atoms with E-state index in [-0.39, 0.29) is 131 Å². The number of fused-ring (bicyclic) bond motifs is 4. The van der Waals surface area contributed by atoms with Crippen molar-refractivity contribution in [2.45, 2.75) is 190 Å². The molecule has 8 fully saturated rings. The van der Waals surface area contributed by atoms with Gasteiger partial charge in [0.1, 0.15) is 38.0 Å². The van der Waals surface area contributed by atoms with E-state index in [9.17, 15) is 37.6 Å². The van der Waals surface area contributed by atoms with Crippen LogP contribution in [0.15, 0.2) is 135 Å². The zero-order chi connectivity index (χ0) is 96.6. The molecule has 720 valence electrons. The number of rotatable bonds is 16. The third-order valence-corrected chi connectivity index (χ3v) is 37.1. The van der Waals surface area contributed by atoms with Gasteiger partial charge in [-0.1, -0.05) is 164 Å². The summed E-state index contributed by atoms with van der Waals surface area (Å²) in [6.45, 7) is 15.0. The minimum absolute atomic E-state index is 0.00538. The fourth-order valence-corrected chi connectivity index (χ4v) is 26.5. The summed E-state index contributed by atoms with van der Waals surface area (Å²) in [4.78, 5) is 39.1. The Hall–Kier alpha value is -7.60. The Morgan fingerprint density at radius 3 is 0.971 bits per heavy atom. The van der Waals surface area contributed by atoms with Gasteiger partial charge in [0.2, 0.25) is 23.8 Å². The molecule has 0 bridgehead atoms. The first-order chi connectivity index (χ1) is 65.0. The van der Waals surface area contributed by atoms with E-state index >= 15 is 0 Å². The number of benzene rings is 4. The number of aromatic nitrogens is 16. The lowest BCUT2D eigenvalue weighted by Gasteiger charge is -2.41. The van der Waals surface area contributed by atoms with Crippen LogP contribution in [0.4, 0.5) is 23.8 Å². The Balaban J connectivity index is 0.000000126. The van der Waals surface area contributed by atoms with E-state index in [0.717, 1.165) is 92.9 Å². The van der Waals surface area contributed by atoms with Crippen LogP contribution >= 0.6 is 140 Å².